The van der Waals surface area contributed by atoms with Gasteiger partial charge in [-0.2, -0.15) is 0 Å². The fourth-order valence-electron chi connectivity index (χ4n) is 3.78. The van der Waals surface area contributed by atoms with E-state index in [2.05, 4.69) is 0 Å². The number of aliphatic hydroxyl groups excluding tert-OH is 4. The van der Waals surface area contributed by atoms with E-state index in [1.807, 2.05) is 50.2 Å². The Morgan fingerprint density at radius 1 is 1.00 bits per heavy atom. The number of aryl methyl sites for hydroxylation is 1. The zero-order valence-corrected chi connectivity index (χ0v) is 18.8. The van der Waals surface area contributed by atoms with E-state index in [1.54, 1.807) is 7.11 Å². The molecule has 0 aliphatic carbocycles. The van der Waals surface area contributed by atoms with Crippen LogP contribution in [0.5, 0.6) is 11.5 Å². The quantitative estimate of drug-likeness (QED) is 0.499. The molecule has 2 aromatic carbocycles. The van der Waals surface area contributed by atoms with Gasteiger partial charge in [0.25, 0.3) is 0 Å². The molecule has 0 radical (unpaired) electrons. The first kappa shape index (κ1) is 25.5. The van der Waals surface area contributed by atoms with Gasteiger partial charge in [-0.1, -0.05) is 18.2 Å². The highest BCUT2D eigenvalue weighted by molar-refractivity contribution is 8.00. The Labute approximate surface area is 187 Å². The first-order valence-electron chi connectivity index (χ1n) is 10.1. The molecule has 1 heterocycles. The molecule has 5 atom stereocenters. The summed E-state index contributed by atoms with van der Waals surface area (Å²) in [6, 6.07) is 11.9. The Bertz CT molecular complexity index is 841. The van der Waals surface area contributed by atoms with E-state index in [-0.39, 0.29) is 12.1 Å². The third kappa shape index (κ3) is 5.52. The van der Waals surface area contributed by atoms with Crippen molar-refractivity contribution in [3.8, 4) is 11.5 Å². The van der Waals surface area contributed by atoms with Crippen molar-refractivity contribution in [2.24, 2.45) is 0 Å². The van der Waals surface area contributed by atoms with Crippen LogP contribution in [0.4, 0.5) is 0 Å². The molecule has 0 unspecified atom stereocenters. The summed E-state index contributed by atoms with van der Waals surface area (Å²) in [5.74, 6) is 1.44. The Hall–Kier alpha value is -1.81. The molecule has 31 heavy (non-hydrogen) atoms. The SMILES string of the molecule is CCOc1ccc(Cc2cc([C@@H]3S[C@H](CO)[C@@H](O)[C@H](O)[C@H]3O)c(OC)cc2C)cc1.O. The van der Waals surface area contributed by atoms with Crippen LogP contribution in [0.3, 0.4) is 0 Å². The van der Waals surface area contributed by atoms with Crippen molar-refractivity contribution in [2.45, 2.75) is 49.1 Å². The topological polar surface area (TPSA) is 131 Å². The van der Waals surface area contributed by atoms with Crippen LogP contribution >= 0.6 is 11.8 Å². The van der Waals surface area contributed by atoms with Gasteiger partial charge in [-0.05, 0) is 55.2 Å². The van der Waals surface area contributed by atoms with Gasteiger partial charge in [-0.15, -0.1) is 11.8 Å². The van der Waals surface area contributed by atoms with Crippen molar-refractivity contribution in [2.75, 3.05) is 20.3 Å². The molecule has 1 saturated heterocycles. The Balaban J connectivity index is 0.00000341. The third-order valence-corrected chi connectivity index (χ3v) is 7.12. The monoisotopic (exact) mass is 452 g/mol. The summed E-state index contributed by atoms with van der Waals surface area (Å²) < 4.78 is 11.1. The highest BCUT2D eigenvalue weighted by atomic mass is 32.2. The number of ether oxygens (including phenoxy) is 2. The average molecular weight is 453 g/mol. The van der Waals surface area contributed by atoms with Crippen LogP contribution < -0.4 is 9.47 Å². The molecular weight excluding hydrogens is 420 g/mol. The minimum Gasteiger partial charge on any atom is -0.496 e. The maximum absolute atomic E-state index is 10.6. The van der Waals surface area contributed by atoms with Crippen molar-refractivity contribution in [1.29, 1.82) is 0 Å². The minimum atomic E-state index is -1.34. The predicted octanol–water partition coefficient (Wildman–Crippen LogP) is 1.40. The third-order valence-electron chi connectivity index (χ3n) is 5.52. The van der Waals surface area contributed by atoms with Gasteiger partial charge >= 0.3 is 0 Å². The molecule has 0 spiro atoms. The molecule has 1 aliphatic rings. The van der Waals surface area contributed by atoms with Crippen LogP contribution in [0.25, 0.3) is 0 Å². The summed E-state index contributed by atoms with van der Waals surface area (Å²) in [6.07, 6.45) is -3.01. The molecule has 3 rings (SSSR count). The van der Waals surface area contributed by atoms with E-state index in [4.69, 9.17) is 9.47 Å². The summed E-state index contributed by atoms with van der Waals surface area (Å²) in [5, 5.41) is 39.5. The molecule has 0 saturated carbocycles. The van der Waals surface area contributed by atoms with Crippen LogP contribution in [0, 0.1) is 6.92 Å². The number of thioether (sulfide) groups is 1. The average Bonchev–Trinajstić information content (AvgIpc) is 2.75. The van der Waals surface area contributed by atoms with Gasteiger partial charge in [0.05, 0.1) is 43.0 Å². The van der Waals surface area contributed by atoms with E-state index in [0.717, 1.165) is 28.0 Å². The number of benzene rings is 2. The number of aliphatic hydroxyl groups is 4. The molecule has 1 aliphatic heterocycles. The van der Waals surface area contributed by atoms with Crippen molar-refractivity contribution >= 4 is 11.8 Å². The number of rotatable bonds is 7. The van der Waals surface area contributed by atoms with E-state index >= 15 is 0 Å². The van der Waals surface area contributed by atoms with Crippen LogP contribution in [0.2, 0.25) is 0 Å². The normalized spacial score (nSPS) is 25.6. The van der Waals surface area contributed by atoms with Crippen LogP contribution in [-0.2, 0) is 6.42 Å². The molecule has 0 bridgehead atoms. The predicted molar refractivity (Wildman–Crippen MR) is 121 cm³/mol. The molecule has 172 valence electrons. The van der Waals surface area contributed by atoms with Crippen LogP contribution in [-0.4, -0.2) is 69.8 Å². The molecule has 6 N–H and O–H groups in total. The van der Waals surface area contributed by atoms with Gasteiger partial charge in [0, 0.05) is 5.56 Å². The minimum absolute atomic E-state index is 0. The van der Waals surface area contributed by atoms with Gasteiger partial charge in [0.15, 0.2) is 0 Å². The van der Waals surface area contributed by atoms with E-state index in [1.165, 1.54) is 11.8 Å². The summed E-state index contributed by atoms with van der Waals surface area (Å²) in [7, 11) is 1.57. The highest BCUT2D eigenvalue weighted by Crippen LogP contribution is 2.46. The second-order valence-corrected chi connectivity index (χ2v) is 8.91. The molecule has 1 fully saturated rings. The smallest absolute Gasteiger partial charge is 0.123 e. The number of hydrogen-bond acceptors (Lipinski definition) is 7. The molecule has 2 aromatic rings. The van der Waals surface area contributed by atoms with Gasteiger partial charge in [-0.3, -0.25) is 0 Å². The van der Waals surface area contributed by atoms with E-state index < -0.39 is 28.8 Å². The lowest BCUT2D eigenvalue weighted by atomic mass is 9.92. The van der Waals surface area contributed by atoms with Gasteiger partial charge in [0.1, 0.15) is 17.6 Å². The lowest BCUT2D eigenvalue weighted by Gasteiger charge is -2.40. The first-order chi connectivity index (χ1) is 14.4. The number of hydrogen-bond donors (Lipinski definition) is 4. The molecule has 0 amide bonds. The summed E-state index contributed by atoms with van der Waals surface area (Å²) >= 11 is 1.26. The largest absolute Gasteiger partial charge is 0.496 e. The van der Waals surface area contributed by atoms with Crippen molar-refractivity contribution in [3.63, 3.8) is 0 Å². The van der Waals surface area contributed by atoms with Crippen LogP contribution in [0.15, 0.2) is 36.4 Å². The van der Waals surface area contributed by atoms with Gasteiger partial charge in [0.2, 0.25) is 0 Å². The Morgan fingerprint density at radius 2 is 1.68 bits per heavy atom. The summed E-state index contributed by atoms with van der Waals surface area (Å²) in [4.78, 5) is 0. The zero-order valence-electron chi connectivity index (χ0n) is 18.0. The number of methoxy groups -OCH3 is 1. The van der Waals surface area contributed by atoms with Crippen molar-refractivity contribution in [1.82, 2.24) is 0 Å². The second-order valence-electron chi connectivity index (χ2n) is 7.52. The summed E-state index contributed by atoms with van der Waals surface area (Å²) in [6.45, 7) is 4.29. The fourth-order valence-corrected chi connectivity index (χ4v) is 5.22. The zero-order chi connectivity index (χ0) is 21.8. The standard InChI is InChI=1S/C23H30O6S.H2O/c1-4-29-16-7-5-14(6-8-16)10-15-11-17(18(28-3)9-13(15)2)23-22(27)21(26)20(25)19(12-24)30-23;/h5-9,11,19-27H,4,10,12H2,1-3H3;1H2/t19-,20-,21+,22-,23+;/m1./s1. The Morgan fingerprint density at radius 3 is 2.26 bits per heavy atom. The highest BCUT2D eigenvalue weighted by Gasteiger charge is 2.44. The van der Waals surface area contributed by atoms with E-state index in [9.17, 15) is 20.4 Å². The van der Waals surface area contributed by atoms with Gasteiger partial charge < -0.3 is 35.4 Å². The van der Waals surface area contributed by atoms with E-state index in [0.29, 0.717) is 18.8 Å². The van der Waals surface area contributed by atoms with Crippen molar-refractivity contribution in [3.05, 3.63) is 58.7 Å². The molecule has 7 nitrogen and oxygen atoms in total. The molecule has 0 aromatic heterocycles. The Kier molecular flexibility index (Phi) is 9.17. The lowest BCUT2D eigenvalue weighted by Crippen LogP contribution is -2.51. The second kappa shape index (κ2) is 11.2. The van der Waals surface area contributed by atoms with Gasteiger partial charge in [-0.25, -0.2) is 0 Å². The lowest BCUT2D eigenvalue weighted by molar-refractivity contribution is -0.0701. The maximum atomic E-state index is 10.6. The first-order valence-corrected chi connectivity index (χ1v) is 11.0. The molecular formula is C23H32O7S. The van der Waals surface area contributed by atoms with Crippen molar-refractivity contribution < 1.29 is 35.4 Å². The summed E-state index contributed by atoms with van der Waals surface area (Å²) in [5.41, 5.74) is 3.99. The molecule has 8 heteroatoms. The maximum Gasteiger partial charge on any atom is 0.123 e. The van der Waals surface area contributed by atoms with Crippen LogP contribution in [0.1, 0.15) is 34.4 Å². The fraction of sp³-hybridized carbons (Fsp3) is 0.478.